The smallest absolute Gasteiger partial charge is 0.336 e. The van der Waals surface area contributed by atoms with E-state index < -0.39 is 5.97 Å². The van der Waals surface area contributed by atoms with Crippen molar-refractivity contribution in [3.63, 3.8) is 0 Å². The van der Waals surface area contributed by atoms with Gasteiger partial charge in [0.2, 0.25) is 0 Å². The second-order valence-corrected chi connectivity index (χ2v) is 5.97. The van der Waals surface area contributed by atoms with E-state index in [1.54, 1.807) is 48.7 Å². The van der Waals surface area contributed by atoms with Gasteiger partial charge in [-0.05, 0) is 72.7 Å². The number of rotatable bonds is 5. The van der Waals surface area contributed by atoms with Crippen LogP contribution >= 0.6 is 0 Å². The van der Waals surface area contributed by atoms with Gasteiger partial charge in [-0.25, -0.2) is 9.18 Å². The minimum absolute atomic E-state index is 0.295. The number of nitrogens with zero attached hydrogens (tertiary/aromatic N) is 1. The molecule has 0 aliphatic heterocycles. The second kappa shape index (κ2) is 8.72. The van der Waals surface area contributed by atoms with Crippen molar-refractivity contribution >= 4 is 23.9 Å². The van der Waals surface area contributed by atoms with E-state index in [1.807, 2.05) is 31.2 Å². The van der Waals surface area contributed by atoms with E-state index in [0.717, 1.165) is 16.7 Å². The molecule has 0 amide bonds. The van der Waals surface area contributed by atoms with E-state index >= 15 is 0 Å². The number of hydrogen-bond acceptors (Lipinski definition) is 3. The summed E-state index contributed by atoms with van der Waals surface area (Å²) < 4.78 is 18.1. The Morgan fingerprint density at radius 3 is 2.19 bits per heavy atom. The van der Waals surface area contributed by atoms with Gasteiger partial charge in [0.1, 0.15) is 11.6 Å². The van der Waals surface area contributed by atoms with Crippen molar-refractivity contribution in [1.29, 1.82) is 0 Å². The lowest BCUT2D eigenvalue weighted by molar-refractivity contribution is -0.128. The van der Waals surface area contributed by atoms with E-state index in [2.05, 4.69) is 4.99 Å². The highest BCUT2D eigenvalue weighted by atomic mass is 19.1. The lowest BCUT2D eigenvalue weighted by Crippen LogP contribution is -2.03. The Kier molecular flexibility index (Phi) is 5.90. The first-order chi connectivity index (χ1) is 13.1. The van der Waals surface area contributed by atoms with Crippen LogP contribution in [0, 0.1) is 12.7 Å². The number of aliphatic imine (C=N–C) groups is 1. The van der Waals surface area contributed by atoms with Gasteiger partial charge in [0.15, 0.2) is 0 Å². The van der Waals surface area contributed by atoms with Gasteiger partial charge in [0, 0.05) is 12.3 Å². The van der Waals surface area contributed by atoms with E-state index in [-0.39, 0.29) is 5.82 Å². The molecule has 3 aromatic rings. The van der Waals surface area contributed by atoms with Crippen molar-refractivity contribution in [2.45, 2.75) is 6.92 Å². The molecular formula is C23H18FNO2. The lowest BCUT2D eigenvalue weighted by Gasteiger charge is -2.02. The fourth-order valence-corrected chi connectivity index (χ4v) is 2.29. The second-order valence-electron chi connectivity index (χ2n) is 5.97. The summed E-state index contributed by atoms with van der Waals surface area (Å²) in [6.07, 6.45) is 4.77. The number of carbonyl (C=O) groups excluding carboxylic acids is 1. The zero-order chi connectivity index (χ0) is 19.1. The third-order valence-electron chi connectivity index (χ3n) is 3.78. The molecule has 0 unspecified atom stereocenters. The van der Waals surface area contributed by atoms with Crippen molar-refractivity contribution < 1.29 is 13.9 Å². The first kappa shape index (κ1) is 18.3. The van der Waals surface area contributed by atoms with Gasteiger partial charge >= 0.3 is 5.97 Å². The molecule has 3 nitrogen and oxygen atoms in total. The number of aryl methyl sites for hydroxylation is 1. The molecule has 0 saturated heterocycles. The van der Waals surface area contributed by atoms with Crippen molar-refractivity contribution in [2.24, 2.45) is 4.99 Å². The number of halogens is 1. The molecule has 3 aromatic carbocycles. The Morgan fingerprint density at radius 1 is 0.889 bits per heavy atom. The summed E-state index contributed by atoms with van der Waals surface area (Å²) in [4.78, 5) is 16.2. The first-order valence-electron chi connectivity index (χ1n) is 8.45. The molecule has 0 N–H and O–H groups in total. The maximum absolute atomic E-state index is 12.9. The predicted molar refractivity (Wildman–Crippen MR) is 106 cm³/mol. The molecule has 0 aliphatic rings. The molecule has 0 aromatic heterocycles. The van der Waals surface area contributed by atoms with Gasteiger partial charge in [0.25, 0.3) is 0 Å². The number of ether oxygens (including phenoxy) is 1. The summed E-state index contributed by atoms with van der Waals surface area (Å²) in [6.45, 7) is 2.01. The van der Waals surface area contributed by atoms with Crippen molar-refractivity contribution in [3.05, 3.63) is 101 Å². The van der Waals surface area contributed by atoms with Crippen LogP contribution in [0.1, 0.15) is 16.7 Å². The quantitative estimate of drug-likeness (QED) is 0.261. The van der Waals surface area contributed by atoms with Crippen LogP contribution in [-0.2, 0) is 4.79 Å². The maximum atomic E-state index is 12.9. The molecular weight excluding hydrogens is 341 g/mol. The number of esters is 1. The Hall–Kier alpha value is -3.53. The standard InChI is InChI=1S/C23H18FNO2/c1-17-2-4-18(5-3-17)8-15-23(26)27-22-13-6-19(7-14-22)16-25-21-11-9-20(24)10-12-21/h2-16H,1H3. The zero-order valence-corrected chi connectivity index (χ0v) is 14.8. The van der Waals surface area contributed by atoms with Crippen LogP contribution in [0.2, 0.25) is 0 Å². The Bertz CT molecular complexity index is 957. The third-order valence-corrected chi connectivity index (χ3v) is 3.78. The van der Waals surface area contributed by atoms with Crippen LogP contribution in [0.4, 0.5) is 10.1 Å². The highest BCUT2D eigenvalue weighted by Gasteiger charge is 2.00. The van der Waals surface area contributed by atoms with E-state index in [0.29, 0.717) is 11.4 Å². The fraction of sp³-hybridized carbons (Fsp3) is 0.0435. The Morgan fingerprint density at radius 2 is 1.52 bits per heavy atom. The highest BCUT2D eigenvalue weighted by Crippen LogP contribution is 2.15. The van der Waals surface area contributed by atoms with Crippen LogP contribution in [-0.4, -0.2) is 12.2 Å². The molecule has 0 radical (unpaired) electrons. The summed E-state index contributed by atoms with van der Waals surface area (Å²) in [7, 11) is 0. The summed E-state index contributed by atoms with van der Waals surface area (Å²) in [5.41, 5.74) is 3.60. The summed E-state index contributed by atoms with van der Waals surface area (Å²) in [5, 5.41) is 0. The van der Waals surface area contributed by atoms with E-state index in [9.17, 15) is 9.18 Å². The van der Waals surface area contributed by atoms with Crippen LogP contribution < -0.4 is 4.74 Å². The van der Waals surface area contributed by atoms with Crippen molar-refractivity contribution in [2.75, 3.05) is 0 Å². The monoisotopic (exact) mass is 359 g/mol. The van der Waals surface area contributed by atoms with Crippen LogP contribution in [0.15, 0.2) is 83.9 Å². The predicted octanol–water partition coefficient (Wildman–Crippen LogP) is 5.50. The number of carbonyl (C=O) groups is 1. The average Bonchev–Trinajstić information content (AvgIpc) is 2.68. The summed E-state index contributed by atoms with van der Waals surface area (Å²) in [6, 6.07) is 20.7. The molecule has 3 rings (SSSR count). The minimum atomic E-state index is -0.441. The van der Waals surface area contributed by atoms with Crippen molar-refractivity contribution in [1.82, 2.24) is 0 Å². The first-order valence-corrected chi connectivity index (χ1v) is 8.45. The molecule has 4 heteroatoms. The van der Waals surface area contributed by atoms with Gasteiger partial charge in [-0.3, -0.25) is 4.99 Å². The van der Waals surface area contributed by atoms with E-state index in [1.165, 1.54) is 18.2 Å². The minimum Gasteiger partial charge on any atom is -0.423 e. The van der Waals surface area contributed by atoms with Gasteiger partial charge in [-0.15, -0.1) is 0 Å². The normalized spacial score (nSPS) is 11.2. The molecule has 27 heavy (non-hydrogen) atoms. The maximum Gasteiger partial charge on any atom is 0.336 e. The molecule has 0 atom stereocenters. The number of hydrogen-bond donors (Lipinski definition) is 0. The zero-order valence-electron chi connectivity index (χ0n) is 14.8. The Labute approximate surface area is 157 Å². The molecule has 0 spiro atoms. The summed E-state index contributed by atoms with van der Waals surface area (Å²) >= 11 is 0. The summed E-state index contributed by atoms with van der Waals surface area (Å²) in [5.74, 6) is -0.285. The molecule has 0 heterocycles. The van der Waals surface area contributed by atoms with Gasteiger partial charge < -0.3 is 4.74 Å². The molecule has 0 saturated carbocycles. The van der Waals surface area contributed by atoms with Crippen LogP contribution in [0.25, 0.3) is 6.08 Å². The molecule has 0 fully saturated rings. The van der Waals surface area contributed by atoms with Crippen LogP contribution in [0.5, 0.6) is 5.75 Å². The van der Waals surface area contributed by atoms with Gasteiger partial charge in [0.05, 0.1) is 5.69 Å². The number of benzene rings is 3. The average molecular weight is 359 g/mol. The van der Waals surface area contributed by atoms with E-state index in [4.69, 9.17) is 4.74 Å². The van der Waals surface area contributed by atoms with Gasteiger partial charge in [-0.1, -0.05) is 29.8 Å². The highest BCUT2D eigenvalue weighted by molar-refractivity contribution is 5.89. The third kappa shape index (κ3) is 5.75. The van der Waals surface area contributed by atoms with Crippen LogP contribution in [0.3, 0.4) is 0 Å². The Balaban J connectivity index is 1.57. The lowest BCUT2D eigenvalue weighted by atomic mass is 10.1. The largest absolute Gasteiger partial charge is 0.423 e. The molecule has 134 valence electrons. The molecule has 0 aliphatic carbocycles. The van der Waals surface area contributed by atoms with Gasteiger partial charge in [-0.2, -0.15) is 0 Å². The molecule has 0 bridgehead atoms. The van der Waals surface area contributed by atoms with Crippen molar-refractivity contribution in [3.8, 4) is 5.75 Å². The fourth-order valence-electron chi connectivity index (χ4n) is 2.29. The SMILES string of the molecule is Cc1ccc(C=CC(=O)Oc2ccc(C=Nc3ccc(F)cc3)cc2)cc1. The topological polar surface area (TPSA) is 38.7 Å².